The number of carbonyl (C=O) groups is 1. The number of nitrogens with one attached hydrogen (secondary N) is 1. The second-order valence-electron chi connectivity index (χ2n) is 4.90. The summed E-state index contributed by atoms with van der Waals surface area (Å²) in [5.41, 5.74) is 6.00. The van der Waals surface area contributed by atoms with E-state index < -0.39 is 5.82 Å². The fraction of sp³-hybridized carbons (Fsp3) is 0.500. The summed E-state index contributed by atoms with van der Waals surface area (Å²) in [6.45, 7) is 4.34. The molecule has 0 bridgehead atoms. The molecule has 1 aromatic rings. The minimum atomic E-state index is -0.506. The fourth-order valence-electron chi connectivity index (χ4n) is 1.87. The summed E-state index contributed by atoms with van der Waals surface area (Å²) in [6, 6.07) is 4.31. The van der Waals surface area contributed by atoms with E-state index in [0.29, 0.717) is 18.0 Å². The third kappa shape index (κ3) is 4.52. The maximum atomic E-state index is 13.5. The van der Waals surface area contributed by atoms with E-state index in [1.165, 1.54) is 19.2 Å². The summed E-state index contributed by atoms with van der Waals surface area (Å²) in [4.78, 5) is 12.0. The number of halogens is 1. The van der Waals surface area contributed by atoms with Crippen molar-refractivity contribution in [1.82, 2.24) is 0 Å². The molecule has 1 amide bonds. The van der Waals surface area contributed by atoms with Gasteiger partial charge in [-0.2, -0.15) is 0 Å². The highest BCUT2D eigenvalue weighted by molar-refractivity contribution is 5.92. The molecule has 0 spiro atoms. The lowest BCUT2D eigenvalue weighted by molar-refractivity contribution is -0.120. The summed E-state index contributed by atoms with van der Waals surface area (Å²) in [7, 11) is 1.39. The molecule has 0 fully saturated rings. The SMILES string of the molecule is COc1ccc(NC(=O)C(CN)CC(C)C)cc1F. The predicted octanol–water partition coefficient (Wildman–Crippen LogP) is 2.39. The zero-order chi connectivity index (χ0) is 14.4. The smallest absolute Gasteiger partial charge is 0.228 e. The minimum absolute atomic E-state index is 0.149. The van der Waals surface area contributed by atoms with E-state index in [0.717, 1.165) is 0 Å². The molecule has 4 nitrogen and oxygen atoms in total. The Kier molecular flexibility index (Phi) is 5.76. The molecule has 5 heteroatoms. The minimum Gasteiger partial charge on any atom is -0.494 e. The molecule has 19 heavy (non-hydrogen) atoms. The first-order chi connectivity index (χ1) is 8.97. The number of hydrogen-bond acceptors (Lipinski definition) is 3. The highest BCUT2D eigenvalue weighted by atomic mass is 19.1. The third-order valence-electron chi connectivity index (χ3n) is 2.83. The second kappa shape index (κ2) is 7.09. The molecule has 0 aromatic heterocycles. The molecule has 0 aliphatic heterocycles. The average molecular weight is 268 g/mol. The number of nitrogens with two attached hydrogens (primary N) is 1. The highest BCUT2D eigenvalue weighted by Gasteiger charge is 2.18. The van der Waals surface area contributed by atoms with Crippen LogP contribution in [0.25, 0.3) is 0 Å². The number of amides is 1. The summed E-state index contributed by atoms with van der Waals surface area (Å²) >= 11 is 0. The Labute approximate surface area is 113 Å². The van der Waals surface area contributed by atoms with Crippen molar-refractivity contribution in [3.8, 4) is 5.75 Å². The Hall–Kier alpha value is -1.62. The molecule has 3 N–H and O–H groups in total. The average Bonchev–Trinajstić information content (AvgIpc) is 2.35. The molecule has 0 saturated heterocycles. The van der Waals surface area contributed by atoms with Crippen molar-refractivity contribution in [2.24, 2.45) is 17.6 Å². The van der Waals surface area contributed by atoms with Gasteiger partial charge in [-0.15, -0.1) is 0 Å². The van der Waals surface area contributed by atoms with E-state index >= 15 is 0 Å². The summed E-state index contributed by atoms with van der Waals surface area (Å²) in [5.74, 6) is -0.415. The van der Waals surface area contributed by atoms with Crippen LogP contribution in [0.5, 0.6) is 5.75 Å². The Morgan fingerprint density at radius 1 is 1.47 bits per heavy atom. The largest absolute Gasteiger partial charge is 0.494 e. The molecule has 1 unspecified atom stereocenters. The van der Waals surface area contributed by atoms with Crippen LogP contribution in [-0.4, -0.2) is 19.6 Å². The van der Waals surface area contributed by atoms with Gasteiger partial charge in [-0.05, 0) is 24.5 Å². The van der Waals surface area contributed by atoms with E-state index in [9.17, 15) is 9.18 Å². The van der Waals surface area contributed by atoms with Crippen molar-refractivity contribution in [3.05, 3.63) is 24.0 Å². The zero-order valence-corrected chi connectivity index (χ0v) is 11.6. The van der Waals surface area contributed by atoms with Crippen LogP contribution in [0.1, 0.15) is 20.3 Å². The van der Waals surface area contributed by atoms with Crippen LogP contribution >= 0.6 is 0 Å². The standard InChI is InChI=1S/C14H21FN2O2/c1-9(2)6-10(8-16)14(18)17-11-4-5-13(19-3)12(15)7-11/h4-5,7,9-10H,6,8,16H2,1-3H3,(H,17,18). The van der Waals surface area contributed by atoms with Gasteiger partial charge in [0, 0.05) is 18.3 Å². The van der Waals surface area contributed by atoms with Gasteiger partial charge in [0.05, 0.1) is 13.0 Å². The zero-order valence-electron chi connectivity index (χ0n) is 11.6. The highest BCUT2D eigenvalue weighted by Crippen LogP contribution is 2.21. The lowest BCUT2D eigenvalue weighted by Crippen LogP contribution is -2.30. The lowest BCUT2D eigenvalue weighted by Gasteiger charge is -2.17. The normalized spacial score (nSPS) is 12.3. The first-order valence-electron chi connectivity index (χ1n) is 6.32. The van der Waals surface area contributed by atoms with Crippen LogP contribution in [0.3, 0.4) is 0 Å². The number of carbonyl (C=O) groups excluding carboxylic acids is 1. The van der Waals surface area contributed by atoms with Gasteiger partial charge in [0.15, 0.2) is 11.6 Å². The molecule has 0 heterocycles. The molecule has 0 saturated carbocycles. The molecular formula is C14H21FN2O2. The lowest BCUT2D eigenvalue weighted by atomic mass is 9.96. The molecule has 0 aliphatic carbocycles. The maximum Gasteiger partial charge on any atom is 0.228 e. The van der Waals surface area contributed by atoms with Crippen molar-refractivity contribution < 1.29 is 13.9 Å². The van der Waals surface area contributed by atoms with Crippen LogP contribution in [0.2, 0.25) is 0 Å². The molecule has 1 aromatic carbocycles. The van der Waals surface area contributed by atoms with Crippen LogP contribution in [0.4, 0.5) is 10.1 Å². The summed E-state index contributed by atoms with van der Waals surface area (Å²) in [5, 5.41) is 2.68. The van der Waals surface area contributed by atoms with Crippen molar-refractivity contribution in [1.29, 1.82) is 0 Å². The van der Waals surface area contributed by atoms with Crippen molar-refractivity contribution in [2.45, 2.75) is 20.3 Å². The number of ether oxygens (including phenoxy) is 1. The Balaban J connectivity index is 2.72. The number of hydrogen-bond donors (Lipinski definition) is 2. The van der Waals surface area contributed by atoms with Gasteiger partial charge in [0.25, 0.3) is 0 Å². The Morgan fingerprint density at radius 3 is 2.63 bits per heavy atom. The van der Waals surface area contributed by atoms with Crippen molar-refractivity contribution >= 4 is 11.6 Å². The molecule has 106 valence electrons. The van der Waals surface area contributed by atoms with Crippen LogP contribution in [0, 0.1) is 17.7 Å². The van der Waals surface area contributed by atoms with Crippen LogP contribution < -0.4 is 15.8 Å². The van der Waals surface area contributed by atoms with E-state index in [-0.39, 0.29) is 24.1 Å². The van der Waals surface area contributed by atoms with Gasteiger partial charge in [-0.3, -0.25) is 4.79 Å². The van der Waals surface area contributed by atoms with Crippen molar-refractivity contribution in [2.75, 3.05) is 19.0 Å². The molecule has 0 aliphatic rings. The molecule has 1 atom stereocenters. The van der Waals surface area contributed by atoms with E-state index in [1.54, 1.807) is 6.07 Å². The maximum absolute atomic E-state index is 13.5. The molecule has 0 radical (unpaired) electrons. The van der Waals surface area contributed by atoms with E-state index in [2.05, 4.69) is 5.32 Å². The predicted molar refractivity (Wildman–Crippen MR) is 73.6 cm³/mol. The molecule has 1 rings (SSSR count). The van der Waals surface area contributed by atoms with Gasteiger partial charge in [-0.25, -0.2) is 4.39 Å². The van der Waals surface area contributed by atoms with Crippen LogP contribution in [-0.2, 0) is 4.79 Å². The monoisotopic (exact) mass is 268 g/mol. The number of methoxy groups -OCH3 is 1. The van der Waals surface area contributed by atoms with Crippen LogP contribution in [0.15, 0.2) is 18.2 Å². The van der Waals surface area contributed by atoms with E-state index in [4.69, 9.17) is 10.5 Å². The summed E-state index contributed by atoms with van der Waals surface area (Å²) < 4.78 is 18.3. The number of anilines is 1. The quantitative estimate of drug-likeness (QED) is 0.832. The first kappa shape index (κ1) is 15.4. The fourth-order valence-corrected chi connectivity index (χ4v) is 1.87. The van der Waals surface area contributed by atoms with E-state index in [1.807, 2.05) is 13.8 Å². The van der Waals surface area contributed by atoms with Gasteiger partial charge in [-0.1, -0.05) is 13.8 Å². The Morgan fingerprint density at radius 2 is 2.16 bits per heavy atom. The van der Waals surface area contributed by atoms with Gasteiger partial charge in [0.1, 0.15) is 0 Å². The van der Waals surface area contributed by atoms with Crippen molar-refractivity contribution in [3.63, 3.8) is 0 Å². The van der Waals surface area contributed by atoms with Gasteiger partial charge >= 0.3 is 0 Å². The number of rotatable bonds is 6. The Bertz CT molecular complexity index is 435. The van der Waals surface area contributed by atoms with Gasteiger partial charge in [0.2, 0.25) is 5.91 Å². The van der Waals surface area contributed by atoms with Gasteiger partial charge < -0.3 is 15.8 Å². The third-order valence-corrected chi connectivity index (χ3v) is 2.83. The second-order valence-corrected chi connectivity index (χ2v) is 4.90. The summed E-state index contributed by atoms with van der Waals surface area (Å²) in [6.07, 6.45) is 0.709. The number of benzene rings is 1. The molecular weight excluding hydrogens is 247 g/mol. The first-order valence-corrected chi connectivity index (χ1v) is 6.32. The topological polar surface area (TPSA) is 64.3 Å².